The van der Waals surface area contributed by atoms with Crippen molar-refractivity contribution in [3.05, 3.63) is 52.5 Å². The van der Waals surface area contributed by atoms with Crippen molar-refractivity contribution >= 4 is 94.1 Å². The summed E-state index contributed by atoms with van der Waals surface area (Å²) >= 11 is 7.05. The molecule has 1 N–H and O–H groups in total. The van der Waals surface area contributed by atoms with Gasteiger partial charge in [-0.3, -0.25) is 4.72 Å². The number of sulfonamides is 1. The summed E-state index contributed by atoms with van der Waals surface area (Å²) in [7, 11) is -6.77. The number of aryl methyl sites for hydroxylation is 1. The molecule has 0 unspecified atom stereocenters. The van der Waals surface area contributed by atoms with Crippen LogP contribution in [0.5, 0.6) is 0 Å². The number of sulfone groups is 1. The number of halogens is 1. The molecule has 1 heterocycles. The molecule has 0 aliphatic carbocycles. The second-order valence-electron chi connectivity index (χ2n) is 6.24. The Hall–Kier alpha value is -1.14. The summed E-state index contributed by atoms with van der Waals surface area (Å²) in [6.07, 6.45) is 0.924. The van der Waals surface area contributed by atoms with Crippen molar-refractivity contribution in [2.45, 2.75) is 16.0 Å². The number of hydrogen-bond acceptors (Lipinski definition) is 7. The molecule has 0 fully saturated rings. The first kappa shape index (κ1) is 25.1. The Labute approximate surface area is 205 Å². The molecule has 0 atom stereocenters. The number of methoxy groups -OCH3 is 1. The van der Waals surface area contributed by atoms with Crippen molar-refractivity contribution in [3.63, 3.8) is 0 Å². The van der Waals surface area contributed by atoms with Gasteiger partial charge in [0, 0.05) is 16.0 Å². The number of fused-ring (bicyclic) bond motifs is 1. The van der Waals surface area contributed by atoms with E-state index in [9.17, 15) is 21.6 Å². The summed E-state index contributed by atoms with van der Waals surface area (Å²) in [6, 6.07) is 8.65. The Kier molecular flexibility index (Phi) is 7.67. The van der Waals surface area contributed by atoms with Crippen LogP contribution in [0.1, 0.15) is 15.9 Å². The zero-order valence-corrected chi connectivity index (χ0v) is 18.7. The molecule has 0 radical (unpaired) electrons. The Morgan fingerprint density at radius 2 is 1.77 bits per heavy atom. The van der Waals surface area contributed by atoms with Crippen molar-refractivity contribution in [1.29, 1.82) is 0 Å². The van der Waals surface area contributed by atoms with E-state index in [-0.39, 0.29) is 49.9 Å². The summed E-state index contributed by atoms with van der Waals surface area (Å²) in [5, 5.41) is 1.18. The third-order valence-corrected chi connectivity index (χ3v) is 8.78. The molecule has 0 aliphatic heterocycles. The predicted octanol–water partition coefficient (Wildman–Crippen LogP) is 3.21. The second-order valence-corrected chi connectivity index (χ2v) is 11.6. The van der Waals surface area contributed by atoms with Gasteiger partial charge in [0.1, 0.15) is 4.21 Å². The van der Waals surface area contributed by atoms with E-state index in [0.29, 0.717) is 16.0 Å². The van der Waals surface area contributed by atoms with Gasteiger partial charge in [0.2, 0.25) is 0 Å². The van der Waals surface area contributed by atoms with Gasteiger partial charge in [0.05, 0.1) is 23.3 Å². The standard InChI is InChI=1S/C18H16ClNO6S3.Na.H/c1-10-13-9-12(19)5-7-15(13)27-18(10)29(24,25)20-14-6-4-11(17(21)26-2)8-16(14)28(3,22)23;;/h4-9,20H,1-3H3;;. The summed E-state index contributed by atoms with van der Waals surface area (Å²) in [5.41, 5.74) is 0.339. The SMILES string of the molecule is COC(=O)c1ccc(NS(=O)(=O)c2sc3ccc(Cl)cc3c2C)c(S(C)(=O)=O)c1.[NaH]. The first-order valence-corrected chi connectivity index (χ1v) is 12.6. The molecule has 7 nitrogen and oxygen atoms in total. The Morgan fingerprint density at radius 1 is 1.10 bits per heavy atom. The van der Waals surface area contributed by atoms with E-state index in [4.69, 9.17) is 11.6 Å². The van der Waals surface area contributed by atoms with Crippen molar-refractivity contribution in [3.8, 4) is 0 Å². The van der Waals surface area contributed by atoms with Crippen molar-refractivity contribution in [1.82, 2.24) is 0 Å². The minimum absolute atomic E-state index is 0. The Bertz CT molecular complexity index is 1350. The van der Waals surface area contributed by atoms with Crippen molar-refractivity contribution in [2.24, 2.45) is 0 Å². The van der Waals surface area contributed by atoms with Gasteiger partial charge in [-0.05, 0) is 54.3 Å². The van der Waals surface area contributed by atoms with E-state index >= 15 is 0 Å². The molecule has 3 rings (SSSR count). The average molecular weight is 498 g/mol. The molecule has 12 heteroatoms. The normalized spacial score (nSPS) is 11.7. The fourth-order valence-corrected chi connectivity index (χ4v) is 6.70. The minimum atomic E-state index is -4.10. The molecular weight excluding hydrogens is 481 g/mol. The molecule has 2 aromatic carbocycles. The maximum atomic E-state index is 13.0. The van der Waals surface area contributed by atoms with Gasteiger partial charge in [0.25, 0.3) is 10.0 Å². The first-order valence-electron chi connectivity index (χ1n) is 8.08. The van der Waals surface area contributed by atoms with Crippen LogP contribution in [-0.2, 0) is 24.6 Å². The fourth-order valence-electron chi connectivity index (χ4n) is 2.78. The molecule has 0 spiro atoms. The van der Waals surface area contributed by atoms with Crippen LogP contribution in [0, 0.1) is 6.92 Å². The van der Waals surface area contributed by atoms with E-state index in [1.165, 1.54) is 12.1 Å². The van der Waals surface area contributed by atoms with Gasteiger partial charge in [-0.2, -0.15) is 0 Å². The van der Waals surface area contributed by atoms with Gasteiger partial charge in [0.15, 0.2) is 9.84 Å². The number of esters is 1. The van der Waals surface area contributed by atoms with Crippen LogP contribution in [0.3, 0.4) is 0 Å². The van der Waals surface area contributed by atoms with Gasteiger partial charge < -0.3 is 4.74 Å². The third kappa shape index (κ3) is 5.01. The fraction of sp³-hybridized carbons (Fsp3) is 0.167. The van der Waals surface area contributed by atoms with E-state index in [1.807, 2.05) is 0 Å². The number of hydrogen-bond donors (Lipinski definition) is 1. The van der Waals surface area contributed by atoms with Gasteiger partial charge >= 0.3 is 35.5 Å². The summed E-state index contributed by atoms with van der Waals surface area (Å²) in [5.74, 6) is -0.735. The Morgan fingerprint density at radius 3 is 2.37 bits per heavy atom. The van der Waals surface area contributed by atoms with Crippen LogP contribution < -0.4 is 4.72 Å². The van der Waals surface area contributed by atoms with Gasteiger partial charge in [-0.15, -0.1) is 11.3 Å². The molecular formula is C18H17ClNNaO6S3. The predicted molar refractivity (Wildman–Crippen MR) is 120 cm³/mol. The van der Waals surface area contributed by atoms with Gasteiger partial charge in [-0.25, -0.2) is 21.6 Å². The monoisotopic (exact) mass is 497 g/mol. The quantitative estimate of drug-likeness (QED) is 0.428. The topological polar surface area (TPSA) is 107 Å². The first-order chi connectivity index (χ1) is 13.4. The van der Waals surface area contributed by atoms with Crippen LogP contribution in [0.15, 0.2) is 45.5 Å². The summed E-state index contributed by atoms with van der Waals surface area (Å²) in [4.78, 5) is 11.4. The summed E-state index contributed by atoms with van der Waals surface area (Å²) < 4.78 is 58.1. The van der Waals surface area contributed by atoms with Crippen LogP contribution in [0.2, 0.25) is 5.02 Å². The third-order valence-electron chi connectivity index (χ3n) is 4.15. The zero-order chi connectivity index (χ0) is 21.6. The van der Waals surface area contributed by atoms with Gasteiger partial charge in [-0.1, -0.05) is 11.6 Å². The number of thiophene rings is 1. The van der Waals surface area contributed by atoms with E-state index < -0.39 is 25.8 Å². The molecule has 1 aromatic heterocycles. The van der Waals surface area contributed by atoms with Crippen LogP contribution in [0.4, 0.5) is 5.69 Å². The van der Waals surface area contributed by atoms with E-state index in [0.717, 1.165) is 35.5 Å². The molecule has 0 aliphatic rings. The number of carbonyl (C=O) groups is 1. The maximum absolute atomic E-state index is 13.0. The van der Waals surface area contributed by atoms with Crippen molar-refractivity contribution in [2.75, 3.05) is 18.1 Å². The van der Waals surface area contributed by atoms with Crippen LogP contribution in [0.25, 0.3) is 10.1 Å². The number of ether oxygens (including phenoxy) is 1. The van der Waals surface area contributed by atoms with Crippen LogP contribution in [-0.4, -0.2) is 65.7 Å². The average Bonchev–Trinajstić information content (AvgIpc) is 2.97. The molecule has 0 saturated carbocycles. The molecule has 0 amide bonds. The molecule has 0 bridgehead atoms. The number of benzene rings is 2. The summed E-state index contributed by atoms with van der Waals surface area (Å²) in [6.45, 7) is 1.65. The number of anilines is 1. The number of carbonyl (C=O) groups excluding carboxylic acids is 1. The van der Waals surface area contributed by atoms with Crippen LogP contribution >= 0.6 is 22.9 Å². The van der Waals surface area contributed by atoms with E-state index in [1.54, 1.807) is 25.1 Å². The van der Waals surface area contributed by atoms with E-state index in [2.05, 4.69) is 9.46 Å². The number of rotatable bonds is 5. The van der Waals surface area contributed by atoms with Crippen molar-refractivity contribution < 1.29 is 26.4 Å². The number of nitrogens with one attached hydrogen (secondary N) is 1. The molecule has 3 aromatic rings. The molecule has 30 heavy (non-hydrogen) atoms. The Balaban J connectivity index is 0.00000320. The zero-order valence-electron chi connectivity index (χ0n) is 15.5. The molecule has 0 saturated heterocycles. The second kappa shape index (κ2) is 9.15. The molecule has 156 valence electrons.